The van der Waals surface area contributed by atoms with Crippen molar-refractivity contribution in [1.82, 2.24) is 0 Å². The second-order valence-corrected chi connectivity index (χ2v) is 5.85. The minimum atomic E-state index is -5.00. The number of rotatable bonds is 3. The van der Waals surface area contributed by atoms with E-state index in [0.717, 1.165) is 13.2 Å². The van der Waals surface area contributed by atoms with Crippen molar-refractivity contribution in [2.45, 2.75) is 11.4 Å². The number of para-hydroxylation sites is 1. The van der Waals surface area contributed by atoms with E-state index < -0.39 is 26.0 Å². The third-order valence-electron chi connectivity index (χ3n) is 2.00. The van der Waals surface area contributed by atoms with Crippen LogP contribution in [-0.2, 0) is 9.05 Å². The lowest BCUT2D eigenvalue weighted by molar-refractivity contribution is -0.131. The summed E-state index contributed by atoms with van der Waals surface area (Å²) in [4.78, 5) is 0. The van der Waals surface area contributed by atoms with Crippen molar-refractivity contribution in [3.05, 3.63) is 29.8 Å². The van der Waals surface area contributed by atoms with Crippen LogP contribution in [0.15, 0.2) is 24.3 Å². The molecule has 17 heavy (non-hydrogen) atoms. The van der Waals surface area contributed by atoms with Crippen LogP contribution >= 0.6 is 10.7 Å². The molecule has 0 fully saturated rings. The van der Waals surface area contributed by atoms with Gasteiger partial charge in [0.05, 0.1) is 7.11 Å². The number of hydrogen-bond donors (Lipinski definition) is 0. The van der Waals surface area contributed by atoms with Gasteiger partial charge in [-0.15, -0.1) is 0 Å². The Hall–Kier alpha value is -0.950. The zero-order valence-electron chi connectivity index (χ0n) is 8.53. The minimum Gasteiger partial charge on any atom is -0.496 e. The average Bonchev–Trinajstić information content (AvgIpc) is 2.14. The molecule has 0 amide bonds. The number of alkyl halides is 3. The lowest BCUT2D eigenvalue weighted by Crippen LogP contribution is -2.26. The summed E-state index contributed by atoms with van der Waals surface area (Å²) in [5.41, 5.74) is -0.530. The van der Waals surface area contributed by atoms with Gasteiger partial charge in [0, 0.05) is 16.2 Å². The van der Waals surface area contributed by atoms with Gasteiger partial charge in [-0.1, -0.05) is 18.2 Å². The fourth-order valence-corrected chi connectivity index (χ4v) is 2.78. The Bertz CT molecular complexity index is 498. The van der Waals surface area contributed by atoms with Crippen LogP contribution in [0.5, 0.6) is 5.75 Å². The second-order valence-electron chi connectivity index (χ2n) is 3.14. The maximum Gasteiger partial charge on any atom is 0.410 e. The summed E-state index contributed by atoms with van der Waals surface area (Å²) in [6, 6.07) is 4.95. The Morgan fingerprint density at radius 3 is 2.24 bits per heavy atom. The molecular weight excluding hydrogens is 281 g/mol. The van der Waals surface area contributed by atoms with Gasteiger partial charge in [-0.2, -0.15) is 13.2 Å². The molecule has 0 N–H and O–H groups in total. The van der Waals surface area contributed by atoms with E-state index in [-0.39, 0.29) is 5.75 Å². The fourth-order valence-electron chi connectivity index (χ4n) is 1.37. The zero-order chi connectivity index (χ0) is 13.3. The van der Waals surface area contributed by atoms with Crippen molar-refractivity contribution in [2.75, 3.05) is 7.11 Å². The van der Waals surface area contributed by atoms with Gasteiger partial charge in [0.2, 0.25) is 9.05 Å². The molecule has 1 unspecified atom stereocenters. The lowest BCUT2D eigenvalue weighted by Gasteiger charge is -2.19. The number of hydrogen-bond acceptors (Lipinski definition) is 3. The number of ether oxygens (including phenoxy) is 1. The van der Waals surface area contributed by atoms with Crippen LogP contribution in [0.1, 0.15) is 10.8 Å². The predicted octanol–water partition coefficient (Wildman–Crippen LogP) is 2.87. The number of methoxy groups -OCH3 is 1. The third-order valence-corrected chi connectivity index (χ3v) is 3.62. The van der Waals surface area contributed by atoms with Crippen LogP contribution in [-0.4, -0.2) is 21.7 Å². The number of benzene rings is 1. The van der Waals surface area contributed by atoms with E-state index in [1.54, 1.807) is 0 Å². The maximum atomic E-state index is 12.7. The Balaban J connectivity index is 3.44. The summed E-state index contributed by atoms with van der Waals surface area (Å²) in [5, 5.41) is -2.80. The molecule has 0 aromatic heterocycles. The van der Waals surface area contributed by atoms with E-state index in [2.05, 4.69) is 0 Å². The van der Waals surface area contributed by atoms with Gasteiger partial charge in [-0.05, 0) is 6.07 Å². The van der Waals surface area contributed by atoms with Crippen LogP contribution in [0.3, 0.4) is 0 Å². The van der Waals surface area contributed by atoms with Crippen LogP contribution in [0.4, 0.5) is 13.2 Å². The number of halogens is 4. The van der Waals surface area contributed by atoms with Gasteiger partial charge in [-0.3, -0.25) is 0 Å². The summed E-state index contributed by atoms with van der Waals surface area (Å²) in [7, 11) is 1.15. The molecule has 0 aliphatic rings. The Labute approximate surface area is 101 Å². The molecule has 0 aliphatic heterocycles. The molecule has 1 rings (SSSR count). The van der Waals surface area contributed by atoms with Crippen molar-refractivity contribution >= 4 is 19.7 Å². The van der Waals surface area contributed by atoms with Crippen LogP contribution < -0.4 is 4.74 Å². The minimum absolute atomic E-state index is 0.181. The molecule has 1 atom stereocenters. The maximum absolute atomic E-state index is 12.7. The monoisotopic (exact) mass is 288 g/mol. The van der Waals surface area contributed by atoms with Crippen molar-refractivity contribution in [2.24, 2.45) is 0 Å². The van der Waals surface area contributed by atoms with E-state index in [9.17, 15) is 21.6 Å². The molecule has 0 spiro atoms. The largest absolute Gasteiger partial charge is 0.496 e. The SMILES string of the molecule is COc1ccccc1C(C(F)(F)F)S(=O)(=O)Cl. The first kappa shape index (κ1) is 14.1. The highest BCUT2D eigenvalue weighted by molar-refractivity contribution is 8.14. The Morgan fingerprint density at radius 2 is 1.82 bits per heavy atom. The first-order valence-electron chi connectivity index (χ1n) is 4.31. The van der Waals surface area contributed by atoms with Gasteiger partial charge in [-0.25, -0.2) is 8.42 Å². The van der Waals surface area contributed by atoms with Crippen LogP contribution in [0.25, 0.3) is 0 Å². The van der Waals surface area contributed by atoms with E-state index >= 15 is 0 Å². The Morgan fingerprint density at radius 1 is 1.29 bits per heavy atom. The predicted molar refractivity (Wildman–Crippen MR) is 56.6 cm³/mol. The molecule has 1 aromatic rings. The van der Waals surface area contributed by atoms with Crippen LogP contribution in [0, 0.1) is 0 Å². The second kappa shape index (κ2) is 4.73. The highest BCUT2D eigenvalue weighted by Crippen LogP contribution is 2.44. The molecule has 3 nitrogen and oxygen atoms in total. The quantitative estimate of drug-likeness (QED) is 0.803. The summed E-state index contributed by atoms with van der Waals surface area (Å²) in [6.45, 7) is 0. The van der Waals surface area contributed by atoms with Crippen molar-refractivity contribution < 1.29 is 26.3 Å². The molecule has 0 aliphatic carbocycles. The first-order chi connectivity index (χ1) is 7.68. The molecule has 0 heterocycles. The lowest BCUT2D eigenvalue weighted by atomic mass is 10.1. The highest BCUT2D eigenvalue weighted by atomic mass is 35.7. The molecule has 0 saturated carbocycles. The molecule has 0 bridgehead atoms. The van der Waals surface area contributed by atoms with Crippen LogP contribution in [0.2, 0.25) is 0 Å². The molecule has 96 valence electrons. The van der Waals surface area contributed by atoms with Crippen molar-refractivity contribution in [3.8, 4) is 5.75 Å². The molecule has 0 saturated heterocycles. The highest BCUT2D eigenvalue weighted by Gasteiger charge is 2.50. The van der Waals surface area contributed by atoms with E-state index in [4.69, 9.17) is 15.4 Å². The van der Waals surface area contributed by atoms with Gasteiger partial charge >= 0.3 is 6.18 Å². The average molecular weight is 289 g/mol. The van der Waals surface area contributed by atoms with E-state index in [0.29, 0.717) is 0 Å². The summed E-state index contributed by atoms with van der Waals surface area (Å²) >= 11 is 0. The van der Waals surface area contributed by atoms with Crippen molar-refractivity contribution in [1.29, 1.82) is 0 Å². The van der Waals surface area contributed by atoms with Gasteiger partial charge in [0.1, 0.15) is 5.75 Å². The fraction of sp³-hybridized carbons (Fsp3) is 0.333. The molecule has 1 aromatic carbocycles. The standard InChI is InChI=1S/C9H8ClF3O3S/c1-16-7-5-3-2-4-6(7)8(9(11,12)13)17(10,14)15/h2-5,8H,1H3. The Kier molecular flexibility index (Phi) is 3.93. The molecular formula is C9H8ClF3O3S. The topological polar surface area (TPSA) is 43.4 Å². The molecule has 0 radical (unpaired) electrons. The third kappa shape index (κ3) is 3.26. The zero-order valence-corrected chi connectivity index (χ0v) is 10.1. The normalized spacial score (nSPS) is 14.4. The first-order valence-corrected chi connectivity index (χ1v) is 6.68. The van der Waals surface area contributed by atoms with Gasteiger partial charge < -0.3 is 4.74 Å². The van der Waals surface area contributed by atoms with Gasteiger partial charge in [0.25, 0.3) is 0 Å². The summed E-state index contributed by atoms with van der Waals surface area (Å²) in [6.07, 6.45) is -5.00. The summed E-state index contributed by atoms with van der Waals surface area (Å²) < 4.78 is 64.9. The molecule has 8 heteroatoms. The smallest absolute Gasteiger partial charge is 0.410 e. The van der Waals surface area contributed by atoms with E-state index in [1.165, 1.54) is 18.2 Å². The van der Waals surface area contributed by atoms with E-state index in [1.807, 2.05) is 0 Å². The van der Waals surface area contributed by atoms with Crippen molar-refractivity contribution in [3.63, 3.8) is 0 Å². The summed E-state index contributed by atoms with van der Waals surface area (Å²) in [5.74, 6) is -0.181. The van der Waals surface area contributed by atoms with Gasteiger partial charge in [0.15, 0.2) is 5.25 Å².